The van der Waals surface area contributed by atoms with Gasteiger partial charge in [0, 0.05) is 6.07 Å². The normalized spacial score (nSPS) is 11.5. The molecule has 4 nitrogen and oxygen atoms in total. The van der Waals surface area contributed by atoms with Gasteiger partial charge >= 0.3 is 6.36 Å². The molecule has 0 N–H and O–H groups in total. The minimum atomic E-state index is -5.15. The molecule has 100 valence electrons. The molecule has 18 heavy (non-hydrogen) atoms. The lowest BCUT2D eigenvalue weighted by Crippen LogP contribution is -2.19. The quantitative estimate of drug-likeness (QED) is 0.624. The number of rotatable bonds is 4. The van der Waals surface area contributed by atoms with Crippen molar-refractivity contribution < 1.29 is 36.2 Å². The second kappa shape index (κ2) is 5.15. The van der Waals surface area contributed by atoms with Gasteiger partial charge < -0.3 is 9.47 Å². The summed E-state index contributed by atoms with van der Waals surface area (Å²) in [7, 11) is 1.05. The van der Waals surface area contributed by atoms with Crippen LogP contribution in [-0.2, 0) is 0 Å². The number of alkyl halides is 5. The molecule has 0 aliphatic rings. The summed E-state index contributed by atoms with van der Waals surface area (Å²) in [4.78, 5) is 13.6. The third kappa shape index (κ3) is 3.28. The van der Waals surface area contributed by atoms with Crippen molar-refractivity contribution in [2.24, 2.45) is 0 Å². The van der Waals surface area contributed by atoms with E-state index in [1.165, 1.54) is 0 Å². The minimum absolute atomic E-state index is 0.0854. The minimum Gasteiger partial charge on any atom is -0.494 e. The fourth-order valence-corrected chi connectivity index (χ4v) is 1.12. The number of methoxy groups -OCH3 is 1. The van der Waals surface area contributed by atoms with Crippen molar-refractivity contribution in [3.8, 4) is 11.5 Å². The number of carbonyl (C=O) groups excluding carboxylic acids is 1. The SMILES string of the molecule is COc1cc(OC(F)(F)F)c(C(F)F)nc1C=O. The van der Waals surface area contributed by atoms with Crippen LogP contribution in [0.2, 0.25) is 0 Å². The Morgan fingerprint density at radius 1 is 1.33 bits per heavy atom. The monoisotopic (exact) mass is 271 g/mol. The van der Waals surface area contributed by atoms with Gasteiger partial charge in [-0.1, -0.05) is 0 Å². The number of halogens is 5. The lowest BCUT2D eigenvalue weighted by atomic mass is 10.2. The van der Waals surface area contributed by atoms with Gasteiger partial charge in [0.15, 0.2) is 17.8 Å². The third-order valence-electron chi connectivity index (χ3n) is 1.77. The van der Waals surface area contributed by atoms with Crippen LogP contribution >= 0.6 is 0 Å². The van der Waals surface area contributed by atoms with E-state index in [1.807, 2.05) is 0 Å². The number of ether oxygens (including phenoxy) is 2. The topological polar surface area (TPSA) is 48.4 Å². The Labute approximate surface area is 97.3 Å². The second-order valence-electron chi connectivity index (χ2n) is 2.93. The molecule has 0 saturated heterocycles. The van der Waals surface area contributed by atoms with Gasteiger partial charge in [-0.15, -0.1) is 13.2 Å². The number of nitrogens with zero attached hydrogens (tertiary/aromatic N) is 1. The van der Waals surface area contributed by atoms with Crippen molar-refractivity contribution >= 4 is 6.29 Å². The molecule has 1 aromatic heterocycles. The van der Waals surface area contributed by atoms with Gasteiger partial charge in [0.2, 0.25) is 0 Å². The summed E-state index contributed by atoms with van der Waals surface area (Å²) >= 11 is 0. The molecule has 0 radical (unpaired) electrons. The average Bonchev–Trinajstić information content (AvgIpc) is 2.25. The van der Waals surface area contributed by atoms with Crippen LogP contribution in [0.5, 0.6) is 11.5 Å². The van der Waals surface area contributed by atoms with Crippen LogP contribution in [0.3, 0.4) is 0 Å². The molecule has 0 atom stereocenters. The van der Waals surface area contributed by atoms with Gasteiger partial charge in [0.05, 0.1) is 7.11 Å². The van der Waals surface area contributed by atoms with Crippen LogP contribution in [0.15, 0.2) is 6.07 Å². The largest absolute Gasteiger partial charge is 0.573 e. The highest BCUT2D eigenvalue weighted by atomic mass is 19.4. The number of hydrogen-bond acceptors (Lipinski definition) is 4. The molecule has 1 heterocycles. The Kier molecular flexibility index (Phi) is 4.04. The van der Waals surface area contributed by atoms with Crippen LogP contribution in [0.25, 0.3) is 0 Å². The van der Waals surface area contributed by atoms with E-state index in [2.05, 4.69) is 14.5 Å². The van der Waals surface area contributed by atoms with Crippen molar-refractivity contribution in [3.63, 3.8) is 0 Å². The molecule has 0 amide bonds. The number of pyridine rings is 1. The number of aromatic nitrogens is 1. The maximum Gasteiger partial charge on any atom is 0.573 e. The standard InChI is InChI=1S/C9H6F5NO3/c1-17-5-2-6(18-9(12,13)14)7(8(10)11)15-4(5)3-16/h2-3,8H,1H3. The number of hydrogen-bond donors (Lipinski definition) is 0. The zero-order valence-corrected chi connectivity index (χ0v) is 8.79. The molecule has 0 aromatic carbocycles. The summed E-state index contributed by atoms with van der Waals surface area (Å²) in [5.74, 6) is -1.60. The molecule has 0 aliphatic carbocycles. The highest BCUT2D eigenvalue weighted by Crippen LogP contribution is 2.35. The Bertz CT molecular complexity index is 447. The van der Waals surface area contributed by atoms with Gasteiger partial charge in [0.1, 0.15) is 11.4 Å². The predicted octanol–water partition coefficient (Wildman–Crippen LogP) is 2.74. The summed E-state index contributed by atoms with van der Waals surface area (Å²) < 4.78 is 68.9. The molecule has 0 fully saturated rings. The maximum atomic E-state index is 12.5. The van der Waals surface area contributed by atoms with Crippen LogP contribution in [0.1, 0.15) is 22.6 Å². The zero-order valence-electron chi connectivity index (χ0n) is 8.79. The first-order chi connectivity index (χ1) is 8.28. The Balaban J connectivity index is 3.33. The fraction of sp³-hybridized carbons (Fsp3) is 0.333. The highest BCUT2D eigenvalue weighted by molar-refractivity contribution is 5.77. The van der Waals surface area contributed by atoms with Crippen LogP contribution in [-0.4, -0.2) is 24.7 Å². The Morgan fingerprint density at radius 2 is 1.94 bits per heavy atom. The first-order valence-corrected chi connectivity index (χ1v) is 4.36. The number of aldehydes is 1. The average molecular weight is 271 g/mol. The van der Waals surface area contributed by atoms with Gasteiger partial charge in [0.25, 0.3) is 6.43 Å². The molecular formula is C9H6F5NO3. The molecule has 0 saturated carbocycles. The van der Waals surface area contributed by atoms with E-state index in [4.69, 9.17) is 0 Å². The van der Waals surface area contributed by atoms with E-state index >= 15 is 0 Å². The fourth-order valence-electron chi connectivity index (χ4n) is 1.12. The second-order valence-corrected chi connectivity index (χ2v) is 2.93. The Morgan fingerprint density at radius 3 is 2.33 bits per heavy atom. The maximum absolute atomic E-state index is 12.5. The summed E-state index contributed by atoms with van der Waals surface area (Å²) in [6.45, 7) is 0. The molecule has 9 heteroatoms. The molecule has 0 unspecified atom stereocenters. The van der Waals surface area contributed by atoms with Gasteiger partial charge in [-0.05, 0) is 0 Å². The van der Waals surface area contributed by atoms with E-state index in [0.717, 1.165) is 7.11 Å². The summed E-state index contributed by atoms with van der Waals surface area (Å²) in [6, 6.07) is 0.533. The molecular weight excluding hydrogens is 265 g/mol. The lowest BCUT2D eigenvalue weighted by Gasteiger charge is -2.14. The van der Waals surface area contributed by atoms with Crippen molar-refractivity contribution in [3.05, 3.63) is 17.5 Å². The van der Waals surface area contributed by atoms with E-state index in [-0.39, 0.29) is 6.29 Å². The molecule has 0 aliphatic heterocycles. The van der Waals surface area contributed by atoms with Crippen molar-refractivity contribution in [2.75, 3.05) is 7.11 Å². The first-order valence-electron chi connectivity index (χ1n) is 4.36. The van der Waals surface area contributed by atoms with Gasteiger partial charge in [-0.25, -0.2) is 13.8 Å². The van der Waals surface area contributed by atoms with E-state index in [0.29, 0.717) is 6.07 Å². The van der Waals surface area contributed by atoms with Crippen LogP contribution in [0, 0.1) is 0 Å². The van der Waals surface area contributed by atoms with E-state index in [9.17, 15) is 26.7 Å². The first kappa shape index (κ1) is 14.1. The smallest absolute Gasteiger partial charge is 0.494 e. The summed E-state index contributed by atoms with van der Waals surface area (Å²) in [5, 5.41) is 0. The Hall–Kier alpha value is -1.93. The van der Waals surface area contributed by atoms with Crippen molar-refractivity contribution in [1.29, 1.82) is 0 Å². The van der Waals surface area contributed by atoms with E-state index < -0.39 is 35.7 Å². The third-order valence-corrected chi connectivity index (χ3v) is 1.77. The molecule has 1 rings (SSSR count). The lowest BCUT2D eigenvalue weighted by molar-refractivity contribution is -0.275. The van der Waals surface area contributed by atoms with Crippen molar-refractivity contribution in [2.45, 2.75) is 12.8 Å². The van der Waals surface area contributed by atoms with Gasteiger partial charge in [-0.2, -0.15) is 0 Å². The van der Waals surface area contributed by atoms with Crippen LogP contribution in [0.4, 0.5) is 22.0 Å². The highest BCUT2D eigenvalue weighted by Gasteiger charge is 2.34. The zero-order chi connectivity index (χ0) is 13.9. The van der Waals surface area contributed by atoms with Crippen molar-refractivity contribution in [1.82, 2.24) is 4.98 Å². The van der Waals surface area contributed by atoms with Crippen LogP contribution < -0.4 is 9.47 Å². The summed E-state index contributed by atoms with van der Waals surface area (Å²) in [6.07, 6.45) is -8.40. The van der Waals surface area contributed by atoms with Gasteiger partial charge in [-0.3, -0.25) is 4.79 Å². The molecule has 0 spiro atoms. The molecule has 0 bridgehead atoms. The summed E-state index contributed by atoms with van der Waals surface area (Å²) in [5.41, 5.74) is -1.82. The number of carbonyl (C=O) groups is 1. The predicted molar refractivity (Wildman–Crippen MR) is 47.8 cm³/mol. The molecule has 1 aromatic rings. The van der Waals surface area contributed by atoms with E-state index in [1.54, 1.807) is 0 Å².